The maximum Gasteiger partial charge on any atom is 0.0636 e. The van der Waals surface area contributed by atoms with Gasteiger partial charge in [-0.2, -0.15) is 0 Å². The standard InChI is InChI=1S/C13H20O/c14-13-10-5-3-7-12(13)11-6-2-1-4-9(11)8-10/h10,12-14H,1-8H2/t10?,12-,13+/m1/s1. The lowest BCUT2D eigenvalue weighted by Gasteiger charge is -2.44. The minimum absolute atomic E-state index is 0.0144. The molecule has 3 rings (SSSR count). The summed E-state index contributed by atoms with van der Waals surface area (Å²) in [6.45, 7) is 0. The Morgan fingerprint density at radius 2 is 1.86 bits per heavy atom. The van der Waals surface area contributed by atoms with E-state index >= 15 is 0 Å². The Morgan fingerprint density at radius 1 is 1.00 bits per heavy atom. The van der Waals surface area contributed by atoms with Crippen LogP contribution in [0.15, 0.2) is 11.1 Å². The van der Waals surface area contributed by atoms with Crippen molar-refractivity contribution in [2.24, 2.45) is 11.8 Å². The lowest BCUT2D eigenvalue weighted by molar-refractivity contribution is 0.0195. The van der Waals surface area contributed by atoms with Crippen LogP contribution in [0.5, 0.6) is 0 Å². The van der Waals surface area contributed by atoms with Gasteiger partial charge in [0.25, 0.3) is 0 Å². The maximum atomic E-state index is 10.2. The van der Waals surface area contributed by atoms with E-state index in [9.17, 15) is 5.11 Å². The molecule has 3 aliphatic carbocycles. The quantitative estimate of drug-likeness (QED) is 0.585. The average molecular weight is 192 g/mol. The summed E-state index contributed by atoms with van der Waals surface area (Å²) in [7, 11) is 0. The highest BCUT2D eigenvalue weighted by atomic mass is 16.3. The van der Waals surface area contributed by atoms with Gasteiger partial charge >= 0.3 is 0 Å². The summed E-state index contributed by atoms with van der Waals surface area (Å²) in [6, 6.07) is 0. The Labute approximate surface area is 86.2 Å². The molecular weight excluding hydrogens is 172 g/mol. The van der Waals surface area contributed by atoms with Crippen molar-refractivity contribution in [1.29, 1.82) is 0 Å². The number of hydrogen-bond donors (Lipinski definition) is 1. The second-order valence-electron chi connectivity index (χ2n) is 5.33. The van der Waals surface area contributed by atoms with Crippen LogP contribution in [0.4, 0.5) is 0 Å². The van der Waals surface area contributed by atoms with E-state index in [2.05, 4.69) is 0 Å². The van der Waals surface area contributed by atoms with E-state index in [0.29, 0.717) is 11.8 Å². The molecule has 78 valence electrons. The SMILES string of the molecule is O[C@H]1C2CCC[C@@H]1C1=C(CCCC1)C2. The van der Waals surface area contributed by atoms with E-state index in [1.807, 2.05) is 0 Å². The number of aliphatic hydroxyl groups excluding tert-OH is 1. The van der Waals surface area contributed by atoms with Crippen molar-refractivity contribution in [2.75, 3.05) is 0 Å². The van der Waals surface area contributed by atoms with Gasteiger partial charge in [0.05, 0.1) is 6.10 Å². The van der Waals surface area contributed by atoms with Gasteiger partial charge in [-0.25, -0.2) is 0 Å². The van der Waals surface area contributed by atoms with Crippen LogP contribution >= 0.6 is 0 Å². The number of allylic oxidation sites excluding steroid dienone is 1. The van der Waals surface area contributed by atoms with Crippen LogP contribution in [0.25, 0.3) is 0 Å². The number of rotatable bonds is 0. The second kappa shape index (κ2) is 3.37. The van der Waals surface area contributed by atoms with E-state index in [-0.39, 0.29) is 6.10 Å². The van der Waals surface area contributed by atoms with E-state index in [1.54, 1.807) is 11.1 Å². The highest BCUT2D eigenvalue weighted by Crippen LogP contribution is 2.47. The zero-order valence-electron chi connectivity index (χ0n) is 8.84. The van der Waals surface area contributed by atoms with E-state index in [0.717, 1.165) is 0 Å². The van der Waals surface area contributed by atoms with Crippen LogP contribution in [-0.2, 0) is 0 Å². The average Bonchev–Trinajstić information content (AvgIpc) is 2.18. The molecule has 0 spiro atoms. The summed E-state index contributed by atoms with van der Waals surface area (Å²) in [5.41, 5.74) is 3.43. The Bertz CT molecular complexity index is 266. The molecule has 1 heteroatoms. The number of hydrogen-bond acceptors (Lipinski definition) is 1. The van der Waals surface area contributed by atoms with Crippen molar-refractivity contribution in [3.05, 3.63) is 11.1 Å². The smallest absolute Gasteiger partial charge is 0.0636 e. The van der Waals surface area contributed by atoms with Crippen molar-refractivity contribution in [3.63, 3.8) is 0 Å². The van der Waals surface area contributed by atoms with Gasteiger partial charge in [-0.3, -0.25) is 0 Å². The zero-order chi connectivity index (χ0) is 9.54. The van der Waals surface area contributed by atoms with Crippen molar-refractivity contribution in [2.45, 2.75) is 57.5 Å². The lowest BCUT2D eigenvalue weighted by atomic mass is 9.64. The topological polar surface area (TPSA) is 20.2 Å². The van der Waals surface area contributed by atoms with Crippen molar-refractivity contribution in [1.82, 2.24) is 0 Å². The Kier molecular flexibility index (Phi) is 2.16. The fourth-order valence-electron chi connectivity index (χ4n) is 3.86. The van der Waals surface area contributed by atoms with Gasteiger partial charge in [0, 0.05) is 5.92 Å². The molecule has 0 amide bonds. The van der Waals surface area contributed by atoms with Crippen LogP contribution in [-0.4, -0.2) is 11.2 Å². The molecule has 1 unspecified atom stereocenters. The molecule has 0 aromatic carbocycles. The van der Waals surface area contributed by atoms with Crippen LogP contribution in [0.3, 0.4) is 0 Å². The summed E-state index contributed by atoms with van der Waals surface area (Å²) in [4.78, 5) is 0. The number of fused-ring (bicyclic) bond motifs is 3. The molecule has 3 atom stereocenters. The molecule has 0 radical (unpaired) electrons. The largest absolute Gasteiger partial charge is 0.392 e. The zero-order valence-corrected chi connectivity index (χ0v) is 8.84. The summed E-state index contributed by atoms with van der Waals surface area (Å²) in [5, 5.41) is 10.2. The van der Waals surface area contributed by atoms with Gasteiger partial charge in [0.1, 0.15) is 0 Å². The molecule has 0 aliphatic heterocycles. The van der Waals surface area contributed by atoms with Crippen LogP contribution in [0.1, 0.15) is 51.4 Å². The van der Waals surface area contributed by atoms with Gasteiger partial charge in [0.15, 0.2) is 0 Å². The second-order valence-corrected chi connectivity index (χ2v) is 5.33. The first-order valence-corrected chi connectivity index (χ1v) is 6.25. The summed E-state index contributed by atoms with van der Waals surface area (Å²) >= 11 is 0. The lowest BCUT2D eigenvalue weighted by Crippen LogP contribution is -2.39. The van der Waals surface area contributed by atoms with Crippen molar-refractivity contribution >= 4 is 0 Å². The first-order chi connectivity index (χ1) is 6.86. The van der Waals surface area contributed by atoms with Gasteiger partial charge in [-0.05, 0) is 50.9 Å². The highest BCUT2D eigenvalue weighted by Gasteiger charge is 2.39. The molecule has 1 saturated carbocycles. The Hall–Kier alpha value is -0.300. The maximum absolute atomic E-state index is 10.2. The molecule has 14 heavy (non-hydrogen) atoms. The van der Waals surface area contributed by atoms with E-state index < -0.39 is 0 Å². The predicted octanol–water partition coefficient (Wildman–Crippen LogP) is 3.04. The first kappa shape index (κ1) is 8.96. The molecule has 3 aliphatic rings. The molecule has 1 N–H and O–H groups in total. The van der Waals surface area contributed by atoms with Gasteiger partial charge < -0.3 is 5.11 Å². The van der Waals surface area contributed by atoms with Gasteiger partial charge in [-0.1, -0.05) is 17.6 Å². The van der Waals surface area contributed by atoms with Gasteiger partial charge in [-0.15, -0.1) is 0 Å². The molecule has 0 saturated heterocycles. The Morgan fingerprint density at radius 3 is 2.79 bits per heavy atom. The number of aliphatic hydroxyl groups is 1. The molecule has 1 fully saturated rings. The molecule has 0 aromatic heterocycles. The molecule has 0 aromatic rings. The highest BCUT2D eigenvalue weighted by molar-refractivity contribution is 5.26. The molecular formula is C13H20O. The third-order valence-corrected chi connectivity index (χ3v) is 4.57. The molecule has 1 nitrogen and oxygen atoms in total. The Balaban J connectivity index is 1.95. The van der Waals surface area contributed by atoms with Crippen LogP contribution in [0.2, 0.25) is 0 Å². The first-order valence-electron chi connectivity index (χ1n) is 6.25. The summed E-state index contributed by atoms with van der Waals surface area (Å²) in [6.07, 6.45) is 10.5. The minimum atomic E-state index is 0.0144. The molecule has 0 heterocycles. The van der Waals surface area contributed by atoms with Crippen LogP contribution < -0.4 is 0 Å². The normalized spacial score (nSPS) is 42.2. The minimum Gasteiger partial charge on any atom is -0.392 e. The van der Waals surface area contributed by atoms with Gasteiger partial charge in [0.2, 0.25) is 0 Å². The van der Waals surface area contributed by atoms with E-state index in [1.165, 1.54) is 51.4 Å². The summed E-state index contributed by atoms with van der Waals surface area (Å²) in [5.74, 6) is 1.18. The monoisotopic (exact) mass is 192 g/mol. The fraction of sp³-hybridized carbons (Fsp3) is 0.846. The summed E-state index contributed by atoms with van der Waals surface area (Å²) < 4.78 is 0. The van der Waals surface area contributed by atoms with Crippen LogP contribution in [0, 0.1) is 11.8 Å². The van der Waals surface area contributed by atoms with Crippen molar-refractivity contribution < 1.29 is 5.11 Å². The molecule has 2 bridgehead atoms. The fourth-order valence-corrected chi connectivity index (χ4v) is 3.86. The third kappa shape index (κ3) is 1.25. The van der Waals surface area contributed by atoms with Crippen molar-refractivity contribution in [3.8, 4) is 0 Å². The third-order valence-electron chi connectivity index (χ3n) is 4.57. The predicted molar refractivity (Wildman–Crippen MR) is 56.9 cm³/mol. The van der Waals surface area contributed by atoms with E-state index in [4.69, 9.17) is 0 Å².